The minimum atomic E-state index is -0.503. The largest absolute Gasteiger partial charge is 0.463 e. The van der Waals surface area contributed by atoms with Gasteiger partial charge in [0.05, 0.1) is 17.9 Å². The predicted octanol–water partition coefficient (Wildman–Crippen LogP) is 0.920. The van der Waals surface area contributed by atoms with Crippen molar-refractivity contribution in [2.45, 2.75) is 19.9 Å². The second-order valence-corrected chi connectivity index (χ2v) is 4.49. The highest BCUT2D eigenvalue weighted by Gasteiger charge is 2.35. The van der Waals surface area contributed by atoms with Crippen LogP contribution >= 0.6 is 0 Å². The van der Waals surface area contributed by atoms with E-state index in [9.17, 15) is 4.79 Å². The monoisotopic (exact) mass is 286 g/mol. The minimum absolute atomic E-state index is 0.299. The first kappa shape index (κ1) is 13.2. The SMILES string of the molecule is CCOC(=O)C1=C(C)Nc2nnnn2C1c1ccccn1. The molecule has 0 aliphatic carbocycles. The molecule has 0 saturated heterocycles. The Kier molecular flexibility index (Phi) is 3.35. The molecular formula is C13H14N6O2. The van der Waals surface area contributed by atoms with Gasteiger partial charge in [0.25, 0.3) is 0 Å². The van der Waals surface area contributed by atoms with Crippen LogP contribution in [0.5, 0.6) is 0 Å². The van der Waals surface area contributed by atoms with Gasteiger partial charge in [-0.15, -0.1) is 0 Å². The maximum absolute atomic E-state index is 12.3. The van der Waals surface area contributed by atoms with Crippen LogP contribution in [0.15, 0.2) is 35.7 Å². The van der Waals surface area contributed by atoms with Crippen molar-refractivity contribution in [1.82, 2.24) is 25.2 Å². The van der Waals surface area contributed by atoms with E-state index < -0.39 is 12.0 Å². The number of carbonyl (C=O) groups excluding carboxylic acids is 1. The van der Waals surface area contributed by atoms with Crippen LogP contribution in [-0.4, -0.2) is 37.8 Å². The van der Waals surface area contributed by atoms with E-state index in [1.165, 1.54) is 4.68 Å². The number of hydrogen-bond donors (Lipinski definition) is 1. The molecule has 0 spiro atoms. The second kappa shape index (κ2) is 5.31. The lowest BCUT2D eigenvalue weighted by Crippen LogP contribution is -2.30. The fourth-order valence-corrected chi connectivity index (χ4v) is 2.30. The molecule has 1 unspecified atom stereocenters. The molecule has 0 radical (unpaired) electrons. The normalized spacial score (nSPS) is 17.1. The molecule has 3 heterocycles. The Balaban J connectivity index is 2.13. The highest BCUT2D eigenvalue weighted by Crippen LogP contribution is 2.33. The number of allylic oxidation sites excluding steroid dienone is 1. The molecule has 2 aromatic heterocycles. The van der Waals surface area contributed by atoms with E-state index >= 15 is 0 Å². The number of ether oxygens (including phenoxy) is 1. The molecule has 8 nitrogen and oxygen atoms in total. The third-order valence-electron chi connectivity index (χ3n) is 3.18. The zero-order valence-corrected chi connectivity index (χ0v) is 11.6. The Morgan fingerprint density at radius 3 is 3.05 bits per heavy atom. The summed E-state index contributed by atoms with van der Waals surface area (Å²) in [6.07, 6.45) is 1.67. The number of tetrazole rings is 1. The van der Waals surface area contributed by atoms with Gasteiger partial charge in [0.1, 0.15) is 6.04 Å². The first-order valence-corrected chi connectivity index (χ1v) is 6.56. The van der Waals surface area contributed by atoms with Crippen LogP contribution in [0.2, 0.25) is 0 Å². The fourth-order valence-electron chi connectivity index (χ4n) is 2.30. The summed E-state index contributed by atoms with van der Waals surface area (Å²) in [5.41, 5.74) is 1.79. The maximum Gasteiger partial charge on any atom is 0.338 e. The van der Waals surface area contributed by atoms with Crippen molar-refractivity contribution in [3.63, 3.8) is 0 Å². The average molecular weight is 286 g/mol. The van der Waals surface area contributed by atoms with E-state index in [4.69, 9.17) is 4.74 Å². The molecule has 0 amide bonds. The summed E-state index contributed by atoms with van der Waals surface area (Å²) in [6, 6.07) is 4.99. The second-order valence-electron chi connectivity index (χ2n) is 4.49. The van der Waals surface area contributed by atoms with Crippen LogP contribution in [0.3, 0.4) is 0 Å². The zero-order chi connectivity index (χ0) is 14.8. The van der Waals surface area contributed by atoms with Crippen molar-refractivity contribution in [2.24, 2.45) is 0 Å². The molecule has 1 N–H and O–H groups in total. The van der Waals surface area contributed by atoms with Gasteiger partial charge in [-0.3, -0.25) is 4.98 Å². The molecule has 3 rings (SSSR count). The number of carbonyl (C=O) groups is 1. The van der Waals surface area contributed by atoms with Gasteiger partial charge in [-0.25, -0.2) is 4.79 Å². The van der Waals surface area contributed by atoms with Gasteiger partial charge in [-0.05, 0) is 36.4 Å². The number of nitrogens with zero attached hydrogens (tertiary/aromatic N) is 5. The molecule has 21 heavy (non-hydrogen) atoms. The summed E-state index contributed by atoms with van der Waals surface area (Å²) in [6.45, 7) is 3.86. The number of pyridine rings is 1. The molecule has 0 saturated carbocycles. The molecule has 2 aromatic rings. The first-order valence-electron chi connectivity index (χ1n) is 6.56. The number of hydrogen-bond acceptors (Lipinski definition) is 7. The maximum atomic E-state index is 12.3. The van der Waals surface area contributed by atoms with Crippen molar-refractivity contribution in [1.29, 1.82) is 0 Å². The van der Waals surface area contributed by atoms with Crippen molar-refractivity contribution in [2.75, 3.05) is 11.9 Å². The third-order valence-corrected chi connectivity index (χ3v) is 3.18. The fraction of sp³-hybridized carbons (Fsp3) is 0.308. The number of fused-ring (bicyclic) bond motifs is 1. The highest BCUT2D eigenvalue weighted by atomic mass is 16.5. The number of aromatic nitrogens is 5. The molecule has 1 aliphatic heterocycles. The molecule has 108 valence electrons. The molecule has 0 aromatic carbocycles. The summed E-state index contributed by atoms with van der Waals surface area (Å²) in [5.74, 6) is 0.0653. The number of rotatable bonds is 3. The Labute approximate surface area is 120 Å². The Bertz CT molecular complexity index is 694. The van der Waals surface area contributed by atoms with Crippen LogP contribution in [0, 0.1) is 0 Å². The van der Waals surface area contributed by atoms with Crippen molar-refractivity contribution >= 4 is 11.9 Å². The topological polar surface area (TPSA) is 94.8 Å². The first-order chi connectivity index (χ1) is 10.2. The summed E-state index contributed by atoms with van der Waals surface area (Å²) >= 11 is 0. The van der Waals surface area contributed by atoms with Gasteiger partial charge >= 0.3 is 5.97 Å². The predicted molar refractivity (Wildman–Crippen MR) is 73.1 cm³/mol. The summed E-state index contributed by atoms with van der Waals surface area (Å²) in [7, 11) is 0. The molecule has 8 heteroatoms. The molecule has 0 bridgehead atoms. The van der Waals surface area contributed by atoms with Gasteiger partial charge in [0.2, 0.25) is 5.95 Å². The third kappa shape index (κ3) is 2.24. The lowest BCUT2D eigenvalue weighted by atomic mass is 10.00. The van der Waals surface area contributed by atoms with E-state index in [2.05, 4.69) is 25.8 Å². The van der Waals surface area contributed by atoms with Crippen LogP contribution in [0.1, 0.15) is 25.6 Å². The van der Waals surface area contributed by atoms with E-state index in [0.29, 0.717) is 29.5 Å². The molecule has 1 aliphatic rings. The molecule has 1 atom stereocenters. The van der Waals surface area contributed by atoms with Crippen molar-refractivity contribution in [3.8, 4) is 0 Å². The van der Waals surface area contributed by atoms with Gasteiger partial charge < -0.3 is 10.1 Å². The minimum Gasteiger partial charge on any atom is -0.463 e. The Hall–Kier alpha value is -2.77. The lowest BCUT2D eigenvalue weighted by Gasteiger charge is -2.26. The lowest BCUT2D eigenvalue weighted by molar-refractivity contribution is -0.139. The molecular weight excluding hydrogens is 272 g/mol. The summed E-state index contributed by atoms with van der Waals surface area (Å²) < 4.78 is 6.68. The van der Waals surface area contributed by atoms with Crippen LogP contribution in [0.4, 0.5) is 5.95 Å². The Morgan fingerprint density at radius 2 is 2.33 bits per heavy atom. The molecule has 0 fully saturated rings. The van der Waals surface area contributed by atoms with E-state index in [-0.39, 0.29) is 0 Å². The van der Waals surface area contributed by atoms with Gasteiger partial charge in [-0.1, -0.05) is 11.2 Å². The summed E-state index contributed by atoms with van der Waals surface area (Å²) in [4.78, 5) is 16.6. The zero-order valence-electron chi connectivity index (χ0n) is 11.6. The van der Waals surface area contributed by atoms with Crippen molar-refractivity contribution < 1.29 is 9.53 Å². The average Bonchev–Trinajstić information content (AvgIpc) is 2.94. The highest BCUT2D eigenvalue weighted by molar-refractivity contribution is 5.92. The van der Waals surface area contributed by atoms with Crippen molar-refractivity contribution in [3.05, 3.63) is 41.4 Å². The summed E-state index contributed by atoms with van der Waals surface area (Å²) in [5, 5.41) is 14.5. The standard InChI is InChI=1S/C13H14N6O2/c1-3-21-12(20)10-8(2)15-13-16-17-18-19(13)11(10)9-6-4-5-7-14-9/h4-7,11H,3H2,1-2H3,(H,15,16,18). The van der Waals surface area contributed by atoms with Gasteiger partial charge in [0, 0.05) is 11.9 Å². The van der Waals surface area contributed by atoms with Gasteiger partial charge in [-0.2, -0.15) is 4.68 Å². The quantitative estimate of drug-likeness (QED) is 0.838. The number of esters is 1. The van der Waals surface area contributed by atoms with Crippen LogP contribution in [-0.2, 0) is 9.53 Å². The van der Waals surface area contributed by atoms with Crippen LogP contribution in [0.25, 0.3) is 0 Å². The van der Waals surface area contributed by atoms with E-state index in [1.54, 1.807) is 20.0 Å². The van der Waals surface area contributed by atoms with E-state index in [1.807, 2.05) is 18.2 Å². The van der Waals surface area contributed by atoms with Crippen LogP contribution < -0.4 is 5.32 Å². The Morgan fingerprint density at radius 1 is 1.48 bits per heavy atom. The van der Waals surface area contributed by atoms with Gasteiger partial charge in [0.15, 0.2) is 0 Å². The number of anilines is 1. The van der Waals surface area contributed by atoms with E-state index in [0.717, 1.165) is 0 Å². The smallest absolute Gasteiger partial charge is 0.338 e. The number of nitrogens with one attached hydrogen (secondary N) is 1.